The van der Waals surface area contributed by atoms with Crippen molar-refractivity contribution in [3.63, 3.8) is 0 Å². The molecule has 2 aromatic carbocycles. The van der Waals surface area contributed by atoms with E-state index in [1.165, 1.54) is 31.4 Å². The molecule has 9 heteroatoms. The number of Topliss-reactive ketones (excluding diaryl/α,β-unsaturated/α-hetero) is 1. The fourth-order valence-electron chi connectivity index (χ4n) is 3.29. The van der Waals surface area contributed by atoms with Gasteiger partial charge in [0, 0.05) is 12.1 Å². The Balaban J connectivity index is 1.64. The van der Waals surface area contributed by atoms with Gasteiger partial charge in [0.1, 0.15) is 35.2 Å². The number of aromatic hydroxyl groups is 2. The molecule has 1 aliphatic rings. The van der Waals surface area contributed by atoms with E-state index in [1.807, 2.05) is 0 Å². The van der Waals surface area contributed by atoms with Crippen molar-refractivity contribution in [3.05, 3.63) is 71.3 Å². The Kier molecular flexibility index (Phi) is 5.35. The largest absolute Gasteiger partial charge is 0.508 e. The van der Waals surface area contributed by atoms with Crippen LogP contribution >= 0.6 is 0 Å². The summed E-state index contributed by atoms with van der Waals surface area (Å²) in [6, 6.07) is 9.64. The highest BCUT2D eigenvalue weighted by Gasteiger charge is 2.39. The molecule has 0 radical (unpaired) electrons. The van der Waals surface area contributed by atoms with Crippen LogP contribution in [-0.2, 0) is 6.61 Å². The van der Waals surface area contributed by atoms with Crippen LogP contribution in [0, 0.1) is 5.82 Å². The Morgan fingerprint density at radius 1 is 1.13 bits per heavy atom. The minimum absolute atomic E-state index is 0.0255. The summed E-state index contributed by atoms with van der Waals surface area (Å²) in [6.07, 6.45) is -1.63. The molecule has 0 bridgehead atoms. The maximum absolute atomic E-state index is 13.0. The average Bonchev–Trinajstić information content (AvgIpc) is 2.75. The van der Waals surface area contributed by atoms with Crippen molar-refractivity contribution in [2.75, 3.05) is 7.11 Å². The Labute approximate surface area is 176 Å². The van der Waals surface area contributed by atoms with E-state index < -0.39 is 29.6 Å². The summed E-state index contributed by atoms with van der Waals surface area (Å²) in [7, 11) is 1.45. The number of hydrogen-bond donors (Lipinski definition) is 3. The van der Waals surface area contributed by atoms with Gasteiger partial charge in [-0.3, -0.25) is 9.78 Å². The fourth-order valence-corrected chi connectivity index (χ4v) is 3.29. The van der Waals surface area contributed by atoms with Crippen LogP contribution in [0.25, 0.3) is 0 Å². The second kappa shape index (κ2) is 8.11. The third-order valence-corrected chi connectivity index (χ3v) is 4.80. The number of aliphatic hydroxyl groups is 1. The highest BCUT2D eigenvalue weighted by molar-refractivity contribution is 6.05. The van der Waals surface area contributed by atoms with Crippen molar-refractivity contribution in [3.8, 4) is 28.7 Å². The van der Waals surface area contributed by atoms with Crippen LogP contribution in [0.4, 0.5) is 4.39 Å². The lowest BCUT2D eigenvalue weighted by atomic mass is 9.92. The molecule has 3 aromatic rings. The molecule has 31 heavy (non-hydrogen) atoms. The van der Waals surface area contributed by atoms with Gasteiger partial charge < -0.3 is 29.5 Å². The molecule has 2 heterocycles. The monoisotopic (exact) mass is 427 g/mol. The third-order valence-electron chi connectivity index (χ3n) is 4.80. The molecule has 0 amide bonds. The number of fused-ring (bicyclic) bond motifs is 1. The first kappa shape index (κ1) is 20.4. The predicted octanol–water partition coefficient (Wildman–Crippen LogP) is 2.90. The zero-order chi connectivity index (χ0) is 22.1. The normalized spacial score (nSPS) is 17.6. The number of carbonyl (C=O) groups is 1. The smallest absolute Gasteiger partial charge is 0.202 e. The van der Waals surface area contributed by atoms with Crippen molar-refractivity contribution in [1.29, 1.82) is 0 Å². The Morgan fingerprint density at radius 2 is 1.94 bits per heavy atom. The quantitative estimate of drug-likeness (QED) is 0.569. The van der Waals surface area contributed by atoms with Crippen LogP contribution in [0.5, 0.6) is 28.7 Å². The number of halogens is 1. The average molecular weight is 427 g/mol. The number of nitrogens with zero attached hydrogens (tertiary/aromatic N) is 1. The predicted molar refractivity (Wildman–Crippen MR) is 105 cm³/mol. The summed E-state index contributed by atoms with van der Waals surface area (Å²) in [5, 5.41) is 30.2. The van der Waals surface area contributed by atoms with Gasteiger partial charge in [0.25, 0.3) is 0 Å². The molecule has 3 N–H and O–H groups in total. The molecule has 8 nitrogen and oxygen atoms in total. The third kappa shape index (κ3) is 3.95. The second-order valence-corrected chi connectivity index (χ2v) is 6.85. The molecule has 0 aliphatic carbocycles. The summed E-state index contributed by atoms with van der Waals surface area (Å²) in [6.45, 7) is 0.0255. The standard InChI is InChI=1S/C22H18FNO7/c1-29-16-5-2-11(6-17(16)30-10-13-4-3-12(23)9-24-13)22-21(28)20(27)19-15(26)7-14(25)8-18(19)31-22/h2-9,21-22,25-26,28H,10H2,1H3. The van der Waals surface area contributed by atoms with Crippen LogP contribution in [-0.4, -0.2) is 39.3 Å². The summed E-state index contributed by atoms with van der Waals surface area (Å²) >= 11 is 0. The number of aliphatic hydroxyl groups excluding tert-OH is 1. The first-order chi connectivity index (χ1) is 14.9. The highest BCUT2D eigenvalue weighted by Crippen LogP contribution is 2.43. The molecule has 2 unspecified atom stereocenters. The van der Waals surface area contributed by atoms with Gasteiger partial charge >= 0.3 is 0 Å². The van der Waals surface area contributed by atoms with Crippen LogP contribution in [0.3, 0.4) is 0 Å². The lowest BCUT2D eigenvalue weighted by Crippen LogP contribution is -2.36. The number of aromatic nitrogens is 1. The number of methoxy groups -OCH3 is 1. The molecular formula is C22H18FNO7. The van der Waals surface area contributed by atoms with Gasteiger partial charge in [-0.15, -0.1) is 0 Å². The van der Waals surface area contributed by atoms with Gasteiger partial charge in [-0.2, -0.15) is 0 Å². The van der Waals surface area contributed by atoms with Gasteiger partial charge in [0.15, 0.2) is 23.7 Å². The maximum atomic E-state index is 13.0. The second-order valence-electron chi connectivity index (χ2n) is 6.85. The van der Waals surface area contributed by atoms with Crippen molar-refractivity contribution in [2.45, 2.75) is 18.8 Å². The van der Waals surface area contributed by atoms with E-state index in [2.05, 4.69) is 4.98 Å². The van der Waals surface area contributed by atoms with Gasteiger partial charge in [-0.25, -0.2) is 4.39 Å². The Bertz CT molecular complexity index is 1130. The lowest BCUT2D eigenvalue weighted by Gasteiger charge is -2.30. The minimum Gasteiger partial charge on any atom is -0.508 e. The van der Waals surface area contributed by atoms with Gasteiger partial charge in [0.2, 0.25) is 5.78 Å². The Morgan fingerprint density at radius 3 is 2.65 bits per heavy atom. The molecule has 4 rings (SSSR count). The van der Waals surface area contributed by atoms with E-state index in [-0.39, 0.29) is 23.7 Å². The molecule has 0 saturated heterocycles. The number of carbonyl (C=O) groups excluding carboxylic acids is 1. The maximum Gasteiger partial charge on any atom is 0.202 e. The summed E-state index contributed by atoms with van der Waals surface area (Å²) in [5.41, 5.74) is 0.684. The van der Waals surface area contributed by atoms with E-state index in [1.54, 1.807) is 12.1 Å². The number of phenolic OH excluding ortho intramolecular Hbond substituents is 2. The Hall–Kier alpha value is -3.85. The van der Waals surface area contributed by atoms with Crippen LogP contribution < -0.4 is 14.2 Å². The molecule has 160 valence electrons. The van der Waals surface area contributed by atoms with Gasteiger partial charge in [-0.1, -0.05) is 6.07 Å². The fraction of sp³-hybridized carbons (Fsp3) is 0.182. The summed E-state index contributed by atoms with van der Waals surface area (Å²) < 4.78 is 29.8. The number of hydrogen-bond acceptors (Lipinski definition) is 8. The highest BCUT2D eigenvalue weighted by atomic mass is 19.1. The van der Waals surface area contributed by atoms with E-state index in [0.29, 0.717) is 22.8 Å². The van der Waals surface area contributed by atoms with Crippen molar-refractivity contribution in [2.24, 2.45) is 0 Å². The number of pyridine rings is 1. The van der Waals surface area contributed by atoms with Gasteiger partial charge in [0.05, 0.1) is 19.0 Å². The van der Waals surface area contributed by atoms with Crippen molar-refractivity contribution in [1.82, 2.24) is 4.98 Å². The minimum atomic E-state index is -1.59. The number of rotatable bonds is 5. The number of ether oxygens (including phenoxy) is 3. The molecule has 0 saturated carbocycles. The molecule has 0 fully saturated rings. The zero-order valence-electron chi connectivity index (χ0n) is 16.3. The summed E-state index contributed by atoms with van der Waals surface area (Å²) in [4.78, 5) is 16.5. The van der Waals surface area contributed by atoms with Crippen molar-refractivity contribution < 1.29 is 38.7 Å². The molecule has 0 spiro atoms. The topological polar surface area (TPSA) is 118 Å². The molecule has 1 aromatic heterocycles. The van der Waals surface area contributed by atoms with E-state index >= 15 is 0 Å². The lowest BCUT2D eigenvalue weighted by molar-refractivity contribution is 0.0209. The molecule has 1 aliphatic heterocycles. The van der Waals surface area contributed by atoms with E-state index in [0.717, 1.165) is 12.3 Å². The number of ketones is 1. The molecular weight excluding hydrogens is 409 g/mol. The van der Waals surface area contributed by atoms with E-state index in [4.69, 9.17) is 14.2 Å². The summed E-state index contributed by atoms with van der Waals surface area (Å²) in [5.74, 6) is -1.34. The first-order valence-corrected chi connectivity index (χ1v) is 9.23. The van der Waals surface area contributed by atoms with Crippen LogP contribution in [0.2, 0.25) is 0 Å². The van der Waals surface area contributed by atoms with Crippen LogP contribution in [0.15, 0.2) is 48.7 Å². The number of phenols is 2. The number of benzene rings is 2. The van der Waals surface area contributed by atoms with E-state index in [9.17, 15) is 24.5 Å². The zero-order valence-corrected chi connectivity index (χ0v) is 16.3. The SMILES string of the molecule is COc1ccc(C2Oc3cc(O)cc(O)c3C(=O)C2O)cc1OCc1ccc(F)cn1. The molecule has 2 atom stereocenters. The van der Waals surface area contributed by atoms with Crippen molar-refractivity contribution >= 4 is 5.78 Å². The first-order valence-electron chi connectivity index (χ1n) is 9.23. The van der Waals surface area contributed by atoms with Gasteiger partial charge in [-0.05, 0) is 29.8 Å². The van der Waals surface area contributed by atoms with Crippen LogP contribution in [0.1, 0.15) is 27.7 Å².